The van der Waals surface area contributed by atoms with Crippen LogP contribution < -0.4 is 5.73 Å². The zero-order chi connectivity index (χ0) is 16.3. The van der Waals surface area contributed by atoms with Crippen molar-refractivity contribution in [3.8, 4) is 0 Å². The molecule has 1 aromatic rings. The van der Waals surface area contributed by atoms with Crippen molar-refractivity contribution >= 4 is 16.4 Å². The summed E-state index contributed by atoms with van der Waals surface area (Å²) in [4.78, 5) is 0. The Morgan fingerprint density at radius 1 is 1.26 bits per heavy atom. The van der Waals surface area contributed by atoms with Gasteiger partial charge in [0.15, 0.2) is 0 Å². The number of ether oxygens (including phenoxy) is 1. The summed E-state index contributed by atoms with van der Waals surface area (Å²) in [6.45, 7) is 0.713. The SMILES string of the molecule is NC1=NOS(=O)(=O)ON1C1(COCc2ccccc2)CCCC1. The summed E-state index contributed by atoms with van der Waals surface area (Å²) in [6, 6.07) is 9.74. The van der Waals surface area contributed by atoms with Gasteiger partial charge < -0.3 is 10.5 Å². The number of benzene rings is 1. The van der Waals surface area contributed by atoms with Gasteiger partial charge in [-0.1, -0.05) is 43.2 Å². The van der Waals surface area contributed by atoms with Crippen LogP contribution in [0.5, 0.6) is 0 Å². The van der Waals surface area contributed by atoms with E-state index in [2.05, 4.69) is 9.44 Å². The van der Waals surface area contributed by atoms with Gasteiger partial charge in [-0.25, -0.2) is 4.28 Å². The van der Waals surface area contributed by atoms with Crippen LogP contribution in [-0.2, 0) is 30.3 Å². The Morgan fingerprint density at radius 3 is 2.65 bits per heavy atom. The van der Waals surface area contributed by atoms with Crippen LogP contribution in [0.25, 0.3) is 0 Å². The van der Waals surface area contributed by atoms with Crippen LogP contribution in [0.3, 0.4) is 0 Å². The van der Waals surface area contributed by atoms with Gasteiger partial charge in [-0.15, -0.1) is 4.28 Å². The summed E-state index contributed by atoms with van der Waals surface area (Å²) in [5.41, 5.74) is 6.14. The van der Waals surface area contributed by atoms with Gasteiger partial charge in [-0.05, 0) is 23.6 Å². The van der Waals surface area contributed by atoms with Crippen LogP contribution >= 0.6 is 0 Å². The maximum atomic E-state index is 11.5. The molecule has 0 spiro atoms. The van der Waals surface area contributed by atoms with E-state index in [9.17, 15) is 8.42 Å². The average molecular weight is 341 g/mol. The Morgan fingerprint density at radius 2 is 1.96 bits per heavy atom. The second kappa shape index (κ2) is 6.34. The van der Waals surface area contributed by atoms with Crippen LogP contribution in [0.15, 0.2) is 35.5 Å². The molecule has 8 nitrogen and oxygen atoms in total. The van der Waals surface area contributed by atoms with Crippen LogP contribution in [0.1, 0.15) is 31.2 Å². The normalized spacial score (nSPS) is 22.4. The van der Waals surface area contributed by atoms with Crippen molar-refractivity contribution in [2.75, 3.05) is 6.61 Å². The summed E-state index contributed by atoms with van der Waals surface area (Å²) < 4.78 is 38.0. The van der Waals surface area contributed by atoms with Gasteiger partial charge in [0.25, 0.3) is 5.96 Å². The summed E-state index contributed by atoms with van der Waals surface area (Å²) in [5, 5.41) is 4.50. The molecular weight excluding hydrogens is 322 g/mol. The monoisotopic (exact) mass is 341 g/mol. The third kappa shape index (κ3) is 3.57. The lowest BCUT2D eigenvalue weighted by atomic mass is 9.98. The highest BCUT2D eigenvalue weighted by Crippen LogP contribution is 2.37. The minimum Gasteiger partial charge on any atom is -0.374 e. The van der Waals surface area contributed by atoms with E-state index in [1.54, 1.807) is 0 Å². The molecule has 1 aliphatic heterocycles. The van der Waals surface area contributed by atoms with Crippen LogP contribution in [0, 0.1) is 0 Å². The molecule has 0 unspecified atom stereocenters. The first kappa shape index (κ1) is 16.0. The number of guanidine groups is 1. The van der Waals surface area contributed by atoms with E-state index in [-0.39, 0.29) is 12.6 Å². The van der Waals surface area contributed by atoms with Crippen molar-refractivity contribution in [3.05, 3.63) is 35.9 Å². The number of hydrogen-bond donors (Lipinski definition) is 1. The van der Waals surface area contributed by atoms with Gasteiger partial charge in [0.1, 0.15) is 0 Å². The molecule has 126 valence electrons. The third-order valence-electron chi connectivity index (χ3n) is 4.04. The molecule has 23 heavy (non-hydrogen) atoms. The maximum Gasteiger partial charge on any atom is 0.491 e. The average Bonchev–Trinajstić information content (AvgIpc) is 3.01. The van der Waals surface area contributed by atoms with E-state index in [0.29, 0.717) is 19.4 Å². The molecular formula is C14H19N3O5S. The predicted molar refractivity (Wildman–Crippen MR) is 81.8 cm³/mol. The van der Waals surface area contributed by atoms with Crippen LogP contribution in [0.2, 0.25) is 0 Å². The first-order valence-electron chi connectivity index (χ1n) is 7.39. The molecule has 0 saturated heterocycles. The Kier molecular flexibility index (Phi) is 4.42. The highest BCUT2D eigenvalue weighted by atomic mass is 32.3. The number of nitrogens with two attached hydrogens (primary N) is 1. The molecule has 1 heterocycles. The van der Waals surface area contributed by atoms with Crippen LogP contribution in [0.4, 0.5) is 0 Å². The van der Waals surface area contributed by atoms with Gasteiger partial charge in [0.2, 0.25) is 0 Å². The van der Waals surface area contributed by atoms with E-state index in [1.165, 1.54) is 0 Å². The summed E-state index contributed by atoms with van der Waals surface area (Å²) in [7, 11) is -4.21. The Hall–Kier alpha value is -1.84. The van der Waals surface area contributed by atoms with Crippen molar-refractivity contribution in [2.24, 2.45) is 10.9 Å². The molecule has 1 aliphatic carbocycles. The second-order valence-corrected chi connectivity index (χ2v) is 6.83. The Bertz CT molecular complexity index is 671. The number of hydroxylamine groups is 2. The number of rotatable bonds is 5. The third-order valence-corrected chi connectivity index (χ3v) is 4.63. The lowest BCUT2D eigenvalue weighted by molar-refractivity contribution is -0.125. The molecule has 3 rings (SSSR count). The fourth-order valence-electron chi connectivity index (χ4n) is 2.96. The second-order valence-electron chi connectivity index (χ2n) is 5.71. The molecule has 0 aromatic heterocycles. The smallest absolute Gasteiger partial charge is 0.374 e. The highest BCUT2D eigenvalue weighted by Gasteiger charge is 2.47. The molecule has 0 bridgehead atoms. The van der Waals surface area contributed by atoms with Crippen LogP contribution in [-0.4, -0.2) is 31.6 Å². The number of nitrogens with zero attached hydrogens (tertiary/aromatic N) is 2. The van der Waals surface area contributed by atoms with Crippen molar-refractivity contribution in [1.82, 2.24) is 5.06 Å². The molecule has 9 heteroatoms. The minimum absolute atomic E-state index is 0.120. The van der Waals surface area contributed by atoms with Gasteiger partial charge in [-0.3, -0.25) is 0 Å². The van der Waals surface area contributed by atoms with Crippen molar-refractivity contribution in [2.45, 2.75) is 37.8 Å². The van der Waals surface area contributed by atoms with Gasteiger partial charge in [0.05, 0.1) is 18.8 Å². The minimum atomic E-state index is -4.21. The quantitative estimate of drug-likeness (QED) is 0.859. The zero-order valence-electron chi connectivity index (χ0n) is 12.6. The molecule has 1 saturated carbocycles. The van der Waals surface area contributed by atoms with Crippen molar-refractivity contribution in [3.63, 3.8) is 0 Å². The molecule has 0 radical (unpaired) electrons. The highest BCUT2D eigenvalue weighted by molar-refractivity contribution is 7.81. The van der Waals surface area contributed by atoms with E-state index in [4.69, 9.17) is 14.8 Å². The molecule has 0 amide bonds. The van der Waals surface area contributed by atoms with E-state index >= 15 is 0 Å². The fourth-order valence-corrected chi connectivity index (χ4v) is 3.57. The molecule has 1 aromatic carbocycles. The topological polar surface area (TPSA) is 103 Å². The van der Waals surface area contributed by atoms with Gasteiger partial charge in [0, 0.05) is 0 Å². The van der Waals surface area contributed by atoms with Gasteiger partial charge in [-0.2, -0.15) is 13.5 Å². The van der Waals surface area contributed by atoms with Gasteiger partial charge >= 0.3 is 10.4 Å². The predicted octanol–water partition coefficient (Wildman–Crippen LogP) is 1.25. The molecule has 1 fully saturated rings. The fraction of sp³-hybridized carbons (Fsp3) is 0.500. The number of hydrogen-bond acceptors (Lipinski definition) is 8. The molecule has 2 N–H and O–H groups in total. The zero-order valence-corrected chi connectivity index (χ0v) is 13.4. The lowest BCUT2D eigenvalue weighted by Gasteiger charge is -2.39. The standard InChI is InChI=1S/C14H19N3O5S/c15-13-16-21-23(18,19)22-17(13)14(8-4-5-9-14)11-20-10-12-6-2-1-3-7-12/h1-3,6-7H,4-5,8-11H2,(H2,15,16). The Balaban J connectivity index is 1.72. The summed E-state index contributed by atoms with van der Waals surface area (Å²) in [6.07, 6.45) is 3.27. The van der Waals surface area contributed by atoms with E-state index in [1.807, 2.05) is 30.3 Å². The number of oxime groups is 1. The van der Waals surface area contributed by atoms with E-state index < -0.39 is 15.9 Å². The largest absolute Gasteiger partial charge is 0.491 e. The summed E-state index contributed by atoms with van der Waals surface area (Å²) in [5.74, 6) is -0.120. The molecule has 0 atom stereocenters. The molecule has 2 aliphatic rings. The van der Waals surface area contributed by atoms with E-state index in [0.717, 1.165) is 23.5 Å². The summed E-state index contributed by atoms with van der Waals surface area (Å²) >= 11 is 0. The Labute approximate surface area is 135 Å². The first-order chi connectivity index (χ1) is 11.0. The van der Waals surface area contributed by atoms with Crippen molar-refractivity contribution < 1.29 is 21.7 Å². The lowest BCUT2D eigenvalue weighted by Crippen LogP contribution is -2.57. The first-order valence-corrected chi connectivity index (χ1v) is 8.73. The maximum absolute atomic E-state index is 11.5. The van der Waals surface area contributed by atoms with Crippen molar-refractivity contribution in [1.29, 1.82) is 0 Å².